The second kappa shape index (κ2) is 9.46. The molecular formula is C27H21N5O2. The zero-order valence-corrected chi connectivity index (χ0v) is 18.2. The summed E-state index contributed by atoms with van der Waals surface area (Å²) in [6.45, 7) is 0. The first kappa shape index (κ1) is 21.2. The molecule has 0 bridgehead atoms. The highest BCUT2D eigenvalue weighted by Crippen LogP contribution is 2.26. The van der Waals surface area contributed by atoms with Crippen molar-refractivity contribution in [2.45, 2.75) is 12.8 Å². The molecule has 2 N–H and O–H groups in total. The minimum atomic E-state index is -0.227. The number of aryl methyl sites for hydroxylation is 1. The van der Waals surface area contributed by atoms with Gasteiger partial charge in [-0.15, -0.1) is 0 Å². The van der Waals surface area contributed by atoms with E-state index >= 15 is 0 Å². The molecule has 0 spiro atoms. The fourth-order valence-corrected chi connectivity index (χ4v) is 3.77. The fraction of sp³-hybridized carbons (Fsp3) is 0.0741. The molecule has 4 aromatic heterocycles. The van der Waals surface area contributed by atoms with E-state index in [1.165, 1.54) is 0 Å². The van der Waals surface area contributed by atoms with E-state index in [-0.39, 0.29) is 11.7 Å². The van der Waals surface area contributed by atoms with Crippen LogP contribution in [0.1, 0.15) is 33.0 Å². The Bertz CT molecular complexity index is 1460. The molecule has 0 radical (unpaired) electrons. The topological polar surface area (TPSA) is 101 Å². The summed E-state index contributed by atoms with van der Waals surface area (Å²) < 4.78 is 0. The monoisotopic (exact) mass is 447 g/mol. The van der Waals surface area contributed by atoms with Crippen LogP contribution < -0.4 is 5.32 Å². The van der Waals surface area contributed by atoms with Crippen LogP contribution in [-0.4, -0.2) is 31.6 Å². The summed E-state index contributed by atoms with van der Waals surface area (Å²) >= 11 is 0. The Morgan fingerprint density at radius 3 is 2.32 bits per heavy atom. The number of hydrogen-bond acceptors (Lipinski definition) is 5. The third kappa shape index (κ3) is 4.73. The molecule has 0 saturated heterocycles. The predicted octanol–water partition coefficient (Wildman–Crippen LogP) is 5.09. The van der Waals surface area contributed by atoms with Gasteiger partial charge in [-0.25, -0.2) is 0 Å². The highest BCUT2D eigenvalue weighted by Gasteiger charge is 2.13. The molecule has 0 saturated carbocycles. The van der Waals surface area contributed by atoms with E-state index in [0.29, 0.717) is 29.9 Å². The zero-order chi connectivity index (χ0) is 23.3. The van der Waals surface area contributed by atoms with Gasteiger partial charge >= 0.3 is 0 Å². The number of ketones is 1. The van der Waals surface area contributed by atoms with Crippen molar-refractivity contribution in [3.8, 4) is 11.1 Å². The zero-order valence-electron chi connectivity index (χ0n) is 18.2. The van der Waals surface area contributed by atoms with Crippen LogP contribution in [0.5, 0.6) is 0 Å². The van der Waals surface area contributed by atoms with Gasteiger partial charge < -0.3 is 10.3 Å². The van der Waals surface area contributed by atoms with Crippen LogP contribution in [0, 0.1) is 0 Å². The van der Waals surface area contributed by atoms with Gasteiger partial charge in [-0.3, -0.25) is 24.5 Å². The number of nitrogens with zero attached hydrogens (tertiary/aromatic N) is 3. The Hall–Kier alpha value is -4.65. The van der Waals surface area contributed by atoms with Gasteiger partial charge in [0.1, 0.15) is 11.4 Å². The number of hydrogen-bond donors (Lipinski definition) is 2. The Morgan fingerprint density at radius 1 is 0.794 bits per heavy atom. The molecule has 0 aliphatic rings. The maximum atomic E-state index is 12.7. The van der Waals surface area contributed by atoms with Crippen molar-refractivity contribution in [1.29, 1.82) is 0 Å². The second-order valence-electron chi connectivity index (χ2n) is 7.88. The van der Waals surface area contributed by atoms with Crippen LogP contribution >= 0.6 is 0 Å². The molecule has 5 rings (SSSR count). The number of benzene rings is 1. The van der Waals surface area contributed by atoms with E-state index in [1.807, 2.05) is 48.5 Å². The fourth-order valence-electron chi connectivity index (χ4n) is 3.77. The van der Waals surface area contributed by atoms with Crippen molar-refractivity contribution in [2.75, 3.05) is 5.32 Å². The first-order valence-corrected chi connectivity index (χ1v) is 10.9. The maximum absolute atomic E-state index is 12.7. The standard InChI is InChI=1S/C27H21N5O2/c33-26(4-1-18-5-10-28-11-6-18)24-16-20(7-14-30-24)19-2-3-23-21(15-19)17-25(32-23)27(34)31-22-8-12-29-13-9-22/h2-3,5-17,32H,1,4H2,(H,29,31,34). The van der Waals surface area contributed by atoms with E-state index in [4.69, 9.17) is 0 Å². The normalized spacial score (nSPS) is 10.8. The molecular weight excluding hydrogens is 426 g/mol. The number of carbonyl (C=O) groups excluding carboxylic acids is 2. The average molecular weight is 447 g/mol. The molecule has 7 heteroatoms. The van der Waals surface area contributed by atoms with E-state index in [1.54, 1.807) is 43.1 Å². The van der Waals surface area contributed by atoms with Gasteiger partial charge in [-0.05, 0) is 77.7 Å². The van der Waals surface area contributed by atoms with E-state index in [2.05, 4.69) is 25.3 Å². The molecule has 0 unspecified atom stereocenters. The molecule has 0 fully saturated rings. The lowest BCUT2D eigenvalue weighted by Crippen LogP contribution is -2.12. The van der Waals surface area contributed by atoms with Crippen LogP contribution in [0.2, 0.25) is 0 Å². The maximum Gasteiger partial charge on any atom is 0.272 e. The van der Waals surface area contributed by atoms with E-state index in [9.17, 15) is 9.59 Å². The molecule has 1 amide bonds. The van der Waals surface area contributed by atoms with Crippen LogP contribution in [-0.2, 0) is 6.42 Å². The van der Waals surface area contributed by atoms with Gasteiger partial charge in [0.15, 0.2) is 5.78 Å². The number of rotatable bonds is 7. The molecule has 0 atom stereocenters. The van der Waals surface area contributed by atoms with Gasteiger partial charge in [0.25, 0.3) is 5.91 Å². The molecule has 4 heterocycles. The van der Waals surface area contributed by atoms with Gasteiger partial charge in [-0.1, -0.05) is 6.07 Å². The van der Waals surface area contributed by atoms with Crippen molar-refractivity contribution in [3.05, 3.63) is 109 Å². The third-order valence-electron chi connectivity index (χ3n) is 5.57. The molecule has 0 aliphatic heterocycles. The lowest BCUT2D eigenvalue weighted by Gasteiger charge is -2.05. The summed E-state index contributed by atoms with van der Waals surface area (Å²) in [6.07, 6.45) is 9.39. The van der Waals surface area contributed by atoms with Crippen molar-refractivity contribution in [1.82, 2.24) is 19.9 Å². The van der Waals surface area contributed by atoms with Gasteiger partial charge in [0, 0.05) is 54.0 Å². The lowest BCUT2D eigenvalue weighted by molar-refractivity contribution is 0.0976. The first-order chi connectivity index (χ1) is 16.7. The van der Waals surface area contributed by atoms with Crippen LogP contribution in [0.15, 0.2) is 91.6 Å². The van der Waals surface area contributed by atoms with Gasteiger partial charge in [0.2, 0.25) is 0 Å². The number of amides is 1. The number of anilines is 1. The SMILES string of the molecule is O=C(CCc1ccncc1)c1cc(-c2ccc3[nH]c(C(=O)Nc4ccncc4)cc3c2)ccn1. The predicted molar refractivity (Wildman–Crippen MR) is 131 cm³/mol. The Labute approximate surface area is 195 Å². The Morgan fingerprint density at radius 2 is 1.53 bits per heavy atom. The van der Waals surface area contributed by atoms with Gasteiger partial charge in [-0.2, -0.15) is 0 Å². The summed E-state index contributed by atoms with van der Waals surface area (Å²) in [5, 5.41) is 3.75. The number of nitrogens with one attached hydrogen (secondary N) is 2. The van der Waals surface area contributed by atoms with Gasteiger partial charge in [0.05, 0.1) is 0 Å². The van der Waals surface area contributed by atoms with Crippen molar-refractivity contribution in [3.63, 3.8) is 0 Å². The van der Waals surface area contributed by atoms with E-state index in [0.717, 1.165) is 27.6 Å². The number of aromatic nitrogens is 4. The molecule has 166 valence electrons. The highest BCUT2D eigenvalue weighted by molar-refractivity contribution is 6.06. The van der Waals surface area contributed by atoms with Crippen LogP contribution in [0.3, 0.4) is 0 Å². The van der Waals surface area contributed by atoms with Crippen LogP contribution in [0.4, 0.5) is 5.69 Å². The summed E-state index contributed by atoms with van der Waals surface area (Å²) in [6, 6.07) is 18.7. The first-order valence-electron chi connectivity index (χ1n) is 10.9. The number of aromatic amines is 1. The molecule has 0 aliphatic carbocycles. The largest absolute Gasteiger partial charge is 0.351 e. The molecule has 5 aromatic rings. The molecule has 7 nitrogen and oxygen atoms in total. The minimum absolute atomic E-state index is 0.00328. The van der Waals surface area contributed by atoms with Crippen LogP contribution in [0.25, 0.3) is 22.0 Å². The smallest absolute Gasteiger partial charge is 0.272 e. The number of fused-ring (bicyclic) bond motifs is 1. The number of Topliss-reactive ketones (excluding diaryl/α,β-unsaturated/α-hetero) is 1. The lowest BCUT2D eigenvalue weighted by atomic mass is 10.0. The summed E-state index contributed by atoms with van der Waals surface area (Å²) in [5.74, 6) is -0.230. The highest BCUT2D eigenvalue weighted by atomic mass is 16.2. The Balaban J connectivity index is 1.34. The van der Waals surface area contributed by atoms with Crippen molar-refractivity contribution in [2.24, 2.45) is 0 Å². The minimum Gasteiger partial charge on any atom is -0.351 e. The average Bonchev–Trinajstić information content (AvgIpc) is 3.32. The number of pyridine rings is 3. The Kier molecular flexibility index (Phi) is 5.90. The quantitative estimate of drug-likeness (QED) is 0.339. The summed E-state index contributed by atoms with van der Waals surface area (Å²) in [4.78, 5) is 40.7. The second-order valence-corrected chi connectivity index (χ2v) is 7.88. The summed E-state index contributed by atoms with van der Waals surface area (Å²) in [5.41, 5.74) is 5.35. The number of carbonyl (C=O) groups is 2. The third-order valence-corrected chi connectivity index (χ3v) is 5.57. The van der Waals surface area contributed by atoms with Crippen molar-refractivity contribution >= 4 is 28.3 Å². The molecule has 1 aromatic carbocycles. The van der Waals surface area contributed by atoms with E-state index < -0.39 is 0 Å². The number of H-pyrrole nitrogens is 1. The summed E-state index contributed by atoms with van der Waals surface area (Å²) in [7, 11) is 0. The molecule has 34 heavy (non-hydrogen) atoms. The van der Waals surface area contributed by atoms with Crippen molar-refractivity contribution < 1.29 is 9.59 Å².